The lowest BCUT2D eigenvalue weighted by atomic mass is 10.2. The molecule has 0 aliphatic heterocycles. The summed E-state index contributed by atoms with van der Waals surface area (Å²) in [6.07, 6.45) is 3.79. The lowest BCUT2D eigenvalue weighted by molar-refractivity contribution is 0.0921. The molecule has 0 aliphatic carbocycles. The zero-order valence-corrected chi connectivity index (χ0v) is 21.0. The van der Waals surface area contributed by atoms with E-state index in [1.165, 1.54) is 10.8 Å². The molecule has 1 atom stereocenters. The molecule has 2 N–H and O–H groups in total. The second-order valence-corrected chi connectivity index (χ2v) is 9.37. The summed E-state index contributed by atoms with van der Waals surface area (Å²) in [7, 11) is 0. The Morgan fingerprint density at radius 2 is 1.59 bits per heavy atom. The standard InChI is InChI=1S/C30H34N4O3/c35-19-6-16-32(21-24-11-13-26(14-12-24)37-20-18-33-17-5-15-31-33)22-25(36)23-34-29-9-3-1-7-27(29)28-8-2-4-10-30(28)34/h1-5,7-15,17,25,35-36H,6,16,18-23H2/t25-/m0/s1. The first-order valence-electron chi connectivity index (χ1n) is 12.9. The predicted molar refractivity (Wildman–Crippen MR) is 147 cm³/mol. The van der Waals surface area contributed by atoms with Crippen molar-refractivity contribution >= 4 is 21.8 Å². The van der Waals surface area contributed by atoms with Gasteiger partial charge in [-0.05, 0) is 42.3 Å². The number of fused-ring (bicyclic) bond motifs is 3. The number of para-hydroxylation sites is 2. The average Bonchev–Trinajstić information content (AvgIpc) is 3.55. The van der Waals surface area contributed by atoms with E-state index in [2.05, 4.69) is 63.1 Å². The van der Waals surface area contributed by atoms with Crippen LogP contribution in [0.5, 0.6) is 5.75 Å². The van der Waals surface area contributed by atoms with Crippen LogP contribution in [-0.2, 0) is 19.6 Å². The van der Waals surface area contributed by atoms with Gasteiger partial charge >= 0.3 is 0 Å². The Hall–Kier alpha value is -3.65. The van der Waals surface area contributed by atoms with Crippen LogP contribution in [0, 0.1) is 0 Å². The summed E-state index contributed by atoms with van der Waals surface area (Å²) in [5, 5.41) is 27.2. The van der Waals surface area contributed by atoms with Gasteiger partial charge < -0.3 is 19.5 Å². The minimum atomic E-state index is -0.553. The van der Waals surface area contributed by atoms with Crippen molar-refractivity contribution in [2.45, 2.75) is 32.2 Å². The van der Waals surface area contributed by atoms with Crippen LogP contribution in [0.2, 0.25) is 0 Å². The highest BCUT2D eigenvalue weighted by Gasteiger charge is 2.16. The Kier molecular flexibility index (Phi) is 8.15. The maximum atomic E-state index is 11.2. The smallest absolute Gasteiger partial charge is 0.119 e. The molecule has 0 fully saturated rings. The van der Waals surface area contributed by atoms with Crippen molar-refractivity contribution < 1.29 is 14.9 Å². The van der Waals surface area contributed by atoms with Gasteiger partial charge in [-0.2, -0.15) is 5.10 Å². The summed E-state index contributed by atoms with van der Waals surface area (Å²) in [6, 6.07) is 26.7. The molecule has 3 aromatic carbocycles. The van der Waals surface area contributed by atoms with Gasteiger partial charge in [-0.3, -0.25) is 9.58 Å². The third-order valence-corrected chi connectivity index (χ3v) is 6.65. The maximum absolute atomic E-state index is 11.2. The van der Waals surface area contributed by atoms with E-state index >= 15 is 0 Å². The molecule has 0 radical (unpaired) electrons. The molecule has 7 heteroatoms. The van der Waals surface area contributed by atoms with Crippen molar-refractivity contribution in [3.63, 3.8) is 0 Å². The third kappa shape index (κ3) is 6.20. The Balaban J connectivity index is 1.22. The fourth-order valence-corrected chi connectivity index (χ4v) is 4.93. The van der Waals surface area contributed by atoms with Gasteiger partial charge in [0.05, 0.1) is 19.2 Å². The Morgan fingerprint density at radius 3 is 2.24 bits per heavy atom. The van der Waals surface area contributed by atoms with Crippen LogP contribution in [-0.4, -0.2) is 61.9 Å². The highest BCUT2D eigenvalue weighted by atomic mass is 16.5. The Bertz CT molecular complexity index is 1340. The molecule has 7 nitrogen and oxygen atoms in total. The van der Waals surface area contributed by atoms with Crippen LogP contribution < -0.4 is 4.74 Å². The van der Waals surface area contributed by atoms with Crippen LogP contribution in [0.4, 0.5) is 0 Å². The van der Waals surface area contributed by atoms with Crippen molar-refractivity contribution in [3.05, 3.63) is 96.8 Å². The number of hydrogen-bond donors (Lipinski definition) is 2. The maximum Gasteiger partial charge on any atom is 0.119 e. The summed E-state index contributed by atoms with van der Waals surface area (Å²) in [4.78, 5) is 2.21. The van der Waals surface area contributed by atoms with E-state index in [4.69, 9.17) is 4.74 Å². The van der Waals surface area contributed by atoms with E-state index in [0.29, 0.717) is 45.8 Å². The number of hydrogen-bond acceptors (Lipinski definition) is 5. The fraction of sp³-hybridized carbons (Fsp3) is 0.300. The van der Waals surface area contributed by atoms with Gasteiger partial charge in [-0.1, -0.05) is 48.5 Å². The van der Waals surface area contributed by atoms with E-state index < -0.39 is 6.10 Å². The van der Waals surface area contributed by atoms with Crippen LogP contribution in [0.25, 0.3) is 21.8 Å². The van der Waals surface area contributed by atoms with Crippen molar-refractivity contribution in [2.24, 2.45) is 0 Å². The molecule has 0 saturated carbocycles. The molecule has 2 heterocycles. The molecule has 5 rings (SSSR count). The zero-order valence-electron chi connectivity index (χ0n) is 21.0. The van der Waals surface area contributed by atoms with Gasteiger partial charge in [0.1, 0.15) is 12.4 Å². The summed E-state index contributed by atoms with van der Waals surface area (Å²) in [6.45, 7) is 3.81. The molecule has 0 saturated heterocycles. The van der Waals surface area contributed by atoms with E-state index in [0.717, 1.165) is 22.3 Å². The lowest BCUT2D eigenvalue weighted by Crippen LogP contribution is -2.35. The van der Waals surface area contributed by atoms with Gasteiger partial charge in [0.2, 0.25) is 0 Å². The van der Waals surface area contributed by atoms with Gasteiger partial charge in [-0.25, -0.2) is 0 Å². The molecule has 2 aromatic heterocycles. The lowest BCUT2D eigenvalue weighted by Gasteiger charge is -2.26. The monoisotopic (exact) mass is 498 g/mol. The topological polar surface area (TPSA) is 75.7 Å². The van der Waals surface area contributed by atoms with Crippen molar-refractivity contribution in [3.8, 4) is 5.75 Å². The molecular weight excluding hydrogens is 464 g/mol. The highest BCUT2D eigenvalue weighted by molar-refractivity contribution is 6.07. The van der Waals surface area contributed by atoms with Crippen LogP contribution >= 0.6 is 0 Å². The number of rotatable bonds is 13. The van der Waals surface area contributed by atoms with E-state index in [1.54, 1.807) is 6.20 Å². The molecule has 37 heavy (non-hydrogen) atoms. The summed E-state index contributed by atoms with van der Waals surface area (Å²) in [5.74, 6) is 0.823. The van der Waals surface area contributed by atoms with Crippen molar-refractivity contribution in [1.29, 1.82) is 0 Å². The zero-order chi connectivity index (χ0) is 25.5. The fourth-order valence-electron chi connectivity index (χ4n) is 4.93. The number of ether oxygens (including phenoxy) is 1. The first-order valence-corrected chi connectivity index (χ1v) is 12.9. The molecule has 0 unspecified atom stereocenters. The van der Waals surface area contributed by atoms with Gasteiger partial charge in [0.15, 0.2) is 0 Å². The molecule has 0 bridgehead atoms. The normalized spacial score (nSPS) is 12.5. The summed E-state index contributed by atoms with van der Waals surface area (Å²) >= 11 is 0. The molecular formula is C30H34N4O3. The first kappa shape index (κ1) is 25.0. The third-order valence-electron chi connectivity index (χ3n) is 6.65. The number of aliphatic hydroxyl groups excluding tert-OH is 2. The highest BCUT2D eigenvalue weighted by Crippen LogP contribution is 2.29. The van der Waals surface area contributed by atoms with Crippen molar-refractivity contribution in [1.82, 2.24) is 19.2 Å². The second kappa shape index (κ2) is 12.1. The SMILES string of the molecule is OCCCN(Cc1ccc(OCCn2cccn2)cc1)C[C@H](O)Cn1c2ccccc2c2ccccc21. The van der Waals surface area contributed by atoms with Gasteiger partial charge in [-0.15, -0.1) is 0 Å². The molecule has 192 valence electrons. The van der Waals surface area contributed by atoms with Gasteiger partial charge in [0, 0.05) is 60.4 Å². The van der Waals surface area contributed by atoms with E-state index in [-0.39, 0.29) is 6.61 Å². The number of aliphatic hydroxyl groups is 2. The number of benzene rings is 3. The molecule has 0 amide bonds. The van der Waals surface area contributed by atoms with E-state index in [9.17, 15) is 10.2 Å². The Morgan fingerprint density at radius 1 is 0.892 bits per heavy atom. The predicted octanol–water partition coefficient (Wildman–Crippen LogP) is 4.32. The van der Waals surface area contributed by atoms with Crippen LogP contribution in [0.15, 0.2) is 91.3 Å². The second-order valence-electron chi connectivity index (χ2n) is 9.37. The Labute approximate surface area is 217 Å². The molecule has 0 aliphatic rings. The average molecular weight is 499 g/mol. The minimum absolute atomic E-state index is 0.127. The van der Waals surface area contributed by atoms with Crippen molar-refractivity contribution in [2.75, 3.05) is 26.3 Å². The molecule has 5 aromatic rings. The minimum Gasteiger partial charge on any atom is -0.492 e. The first-order chi connectivity index (χ1) is 18.2. The van der Waals surface area contributed by atoms with Crippen LogP contribution in [0.3, 0.4) is 0 Å². The summed E-state index contributed by atoms with van der Waals surface area (Å²) in [5.41, 5.74) is 3.40. The quantitative estimate of drug-likeness (QED) is 0.253. The van der Waals surface area contributed by atoms with Gasteiger partial charge in [0.25, 0.3) is 0 Å². The van der Waals surface area contributed by atoms with E-state index in [1.807, 2.05) is 41.2 Å². The van der Waals surface area contributed by atoms with Crippen LogP contribution in [0.1, 0.15) is 12.0 Å². The number of aromatic nitrogens is 3. The summed E-state index contributed by atoms with van der Waals surface area (Å²) < 4.78 is 9.91. The number of nitrogens with zero attached hydrogens (tertiary/aromatic N) is 4. The molecule has 0 spiro atoms. The largest absolute Gasteiger partial charge is 0.492 e.